The minimum atomic E-state index is -1.64. The van der Waals surface area contributed by atoms with Crippen LogP contribution in [0.2, 0.25) is 0 Å². The lowest BCUT2D eigenvalue weighted by Gasteiger charge is -1.96. The zero-order valence-electron chi connectivity index (χ0n) is 7.47. The van der Waals surface area contributed by atoms with Crippen molar-refractivity contribution in [2.45, 2.75) is 6.37 Å². The normalized spacial score (nSPS) is 14.2. The van der Waals surface area contributed by atoms with E-state index in [2.05, 4.69) is 0 Å². The van der Waals surface area contributed by atoms with Crippen LogP contribution in [0.15, 0.2) is 24.3 Å². The predicted molar refractivity (Wildman–Crippen MR) is 39.2 cm³/mol. The lowest BCUT2D eigenvalue weighted by Crippen LogP contribution is -2.02. The molecule has 2 heteroatoms. The standard InChI is InChI=1S/C8H10FN/c9-8-3-1-2-7(6-8)4-5-10/h1-3,6H,4-5,10H2/i4D2. The Morgan fingerprint density at radius 1 is 1.60 bits per heavy atom. The van der Waals surface area contributed by atoms with Gasteiger partial charge in [0.1, 0.15) is 5.82 Å². The molecule has 0 aliphatic rings. The third-order valence-corrected chi connectivity index (χ3v) is 1.13. The molecule has 1 nitrogen and oxygen atoms in total. The predicted octanol–water partition coefficient (Wildman–Crippen LogP) is 1.33. The quantitative estimate of drug-likeness (QED) is 0.660. The number of rotatable bonds is 2. The van der Waals surface area contributed by atoms with Crippen molar-refractivity contribution >= 4 is 0 Å². The van der Waals surface area contributed by atoms with E-state index in [1.807, 2.05) is 0 Å². The van der Waals surface area contributed by atoms with Gasteiger partial charge in [0, 0.05) is 2.74 Å². The van der Waals surface area contributed by atoms with Gasteiger partial charge in [0.2, 0.25) is 0 Å². The molecule has 0 aliphatic carbocycles. The van der Waals surface area contributed by atoms with Gasteiger partial charge in [0.05, 0.1) is 0 Å². The average Bonchev–Trinajstić information content (AvgIpc) is 2.05. The Bertz CT molecular complexity index is 276. The molecule has 0 atom stereocenters. The zero-order chi connectivity index (χ0) is 9.19. The molecule has 0 amide bonds. The van der Waals surface area contributed by atoms with E-state index < -0.39 is 12.2 Å². The molecule has 0 radical (unpaired) electrons. The van der Waals surface area contributed by atoms with Crippen LogP contribution in [0.25, 0.3) is 0 Å². The maximum absolute atomic E-state index is 12.6. The Morgan fingerprint density at radius 2 is 2.40 bits per heavy atom. The molecule has 0 unspecified atom stereocenters. The molecule has 10 heavy (non-hydrogen) atoms. The van der Waals surface area contributed by atoms with Crippen molar-refractivity contribution in [2.75, 3.05) is 6.54 Å². The van der Waals surface area contributed by atoms with Crippen LogP contribution in [0.5, 0.6) is 0 Å². The largest absolute Gasteiger partial charge is 0.330 e. The van der Waals surface area contributed by atoms with E-state index >= 15 is 0 Å². The Hall–Kier alpha value is -0.890. The third kappa shape index (κ3) is 1.81. The minimum absolute atomic E-state index is 0.142. The van der Waals surface area contributed by atoms with E-state index in [0.29, 0.717) is 0 Å². The summed E-state index contributed by atoms with van der Waals surface area (Å²) < 4.78 is 27.4. The first-order valence-electron chi connectivity index (χ1n) is 4.02. The molecule has 0 heterocycles. The first kappa shape index (κ1) is 4.85. The van der Waals surface area contributed by atoms with Crippen molar-refractivity contribution in [3.05, 3.63) is 35.6 Å². The van der Waals surface area contributed by atoms with Crippen LogP contribution in [0, 0.1) is 5.82 Å². The van der Waals surface area contributed by atoms with Crippen molar-refractivity contribution in [2.24, 2.45) is 5.73 Å². The molecule has 1 aromatic rings. The first-order chi connectivity index (χ1) is 5.56. The fourth-order valence-electron chi connectivity index (χ4n) is 0.716. The first-order valence-corrected chi connectivity index (χ1v) is 3.02. The third-order valence-electron chi connectivity index (χ3n) is 1.13. The second kappa shape index (κ2) is 3.32. The lowest BCUT2D eigenvalue weighted by atomic mass is 10.1. The van der Waals surface area contributed by atoms with E-state index in [-0.39, 0.29) is 12.1 Å². The summed E-state index contributed by atoms with van der Waals surface area (Å²) >= 11 is 0. The van der Waals surface area contributed by atoms with Gasteiger partial charge in [-0.25, -0.2) is 4.39 Å². The molecule has 0 saturated heterocycles. The second-order valence-electron chi connectivity index (χ2n) is 1.89. The van der Waals surface area contributed by atoms with Gasteiger partial charge in [0.15, 0.2) is 0 Å². The molecular weight excluding hydrogens is 129 g/mol. The van der Waals surface area contributed by atoms with Crippen LogP contribution in [0.1, 0.15) is 8.30 Å². The highest BCUT2D eigenvalue weighted by molar-refractivity contribution is 5.16. The van der Waals surface area contributed by atoms with E-state index in [1.165, 1.54) is 18.2 Å². The summed E-state index contributed by atoms with van der Waals surface area (Å²) in [6, 6.07) is 5.43. The Morgan fingerprint density at radius 3 is 3.00 bits per heavy atom. The highest BCUT2D eigenvalue weighted by atomic mass is 19.1. The molecule has 1 rings (SSSR count). The van der Waals surface area contributed by atoms with Crippen molar-refractivity contribution in [3.8, 4) is 0 Å². The average molecular weight is 141 g/mol. The van der Waals surface area contributed by atoms with Crippen LogP contribution < -0.4 is 5.73 Å². The van der Waals surface area contributed by atoms with Gasteiger partial charge in [-0.3, -0.25) is 0 Å². The molecule has 1 aromatic carbocycles. The van der Waals surface area contributed by atoms with Crippen molar-refractivity contribution in [1.82, 2.24) is 0 Å². The van der Waals surface area contributed by atoms with Crippen molar-refractivity contribution in [3.63, 3.8) is 0 Å². The van der Waals surface area contributed by atoms with Crippen molar-refractivity contribution < 1.29 is 7.13 Å². The van der Waals surface area contributed by atoms with Gasteiger partial charge in [-0.05, 0) is 30.6 Å². The smallest absolute Gasteiger partial charge is 0.123 e. The van der Waals surface area contributed by atoms with Crippen LogP contribution in [0.4, 0.5) is 4.39 Å². The molecule has 0 aromatic heterocycles. The molecule has 54 valence electrons. The van der Waals surface area contributed by atoms with E-state index in [0.717, 1.165) is 6.07 Å². The Balaban J connectivity index is 3.03. The zero-order valence-corrected chi connectivity index (χ0v) is 5.47. The molecule has 0 spiro atoms. The molecule has 0 aliphatic heterocycles. The summed E-state index contributed by atoms with van der Waals surface area (Å²) in [7, 11) is 0. The summed E-state index contributed by atoms with van der Waals surface area (Å²) in [6.07, 6.45) is -1.64. The number of benzene rings is 1. The van der Waals surface area contributed by atoms with Gasteiger partial charge in [0.25, 0.3) is 0 Å². The van der Waals surface area contributed by atoms with Crippen LogP contribution in [0.3, 0.4) is 0 Å². The molecule has 0 saturated carbocycles. The highest BCUT2D eigenvalue weighted by Crippen LogP contribution is 2.02. The summed E-state index contributed by atoms with van der Waals surface area (Å²) in [5.41, 5.74) is 5.47. The summed E-state index contributed by atoms with van der Waals surface area (Å²) in [5, 5.41) is 0. The van der Waals surface area contributed by atoms with Gasteiger partial charge in [-0.2, -0.15) is 0 Å². The van der Waals surface area contributed by atoms with Gasteiger partial charge in [-0.1, -0.05) is 12.1 Å². The number of hydrogen-bond acceptors (Lipinski definition) is 1. The van der Waals surface area contributed by atoms with Gasteiger partial charge in [-0.15, -0.1) is 0 Å². The monoisotopic (exact) mass is 141 g/mol. The van der Waals surface area contributed by atoms with Crippen LogP contribution >= 0.6 is 0 Å². The van der Waals surface area contributed by atoms with E-state index in [1.54, 1.807) is 0 Å². The Kier molecular flexibility index (Phi) is 1.61. The summed E-state index contributed by atoms with van der Waals surface area (Å²) in [5.74, 6) is -0.440. The van der Waals surface area contributed by atoms with Gasteiger partial charge >= 0.3 is 0 Å². The number of hydrogen-bond donors (Lipinski definition) is 1. The topological polar surface area (TPSA) is 26.0 Å². The fourth-order valence-corrected chi connectivity index (χ4v) is 0.716. The fraction of sp³-hybridized carbons (Fsp3) is 0.250. The summed E-state index contributed by atoms with van der Waals surface area (Å²) in [4.78, 5) is 0. The number of halogens is 1. The van der Waals surface area contributed by atoms with Crippen molar-refractivity contribution in [1.29, 1.82) is 0 Å². The molecular formula is C8H10FN. The number of nitrogens with two attached hydrogens (primary N) is 1. The Labute approximate surface area is 62.5 Å². The van der Waals surface area contributed by atoms with E-state index in [4.69, 9.17) is 8.48 Å². The van der Waals surface area contributed by atoms with E-state index in [9.17, 15) is 4.39 Å². The van der Waals surface area contributed by atoms with Crippen LogP contribution in [-0.2, 0) is 6.37 Å². The maximum atomic E-state index is 12.6. The second-order valence-corrected chi connectivity index (χ2v) is 1.89. The lowest BCUT2D eigenvalue weighted by molar-refractivity contribution is 0.625. The summed E-state index contributed by atoms with van der Waals surface area (Å²) in [6.45, 7) is -0.142. The molecule has 2 N–H and O–H groups in total. The molecule has 0 fully saturated rings. The molecule has 0 bridgehead atoms. The SMILES string of the molecule is [2H]C([2H])(CN)c1cccc(F)c1. The highest BCUT2D eigenvalue weighted by Gasteiger charge is 1.91. The minimum Gasteiger partial charge on any atom is -0.330 e. The van der Waals surface area contributed by atoms with Crippen LogP contribution in [-0.4, -0.2) is 6.54 Å². The van der Waals surface area contributed by atoms with Gasteiger partial charge < -0.3 is 5.73 Å². The maximum Gasteiger partial charge on any atom is 0.123 e.